The zero-order valence-electron chi connectivity index (χ0n) is 35.1. The maximum absolute atomic E-state index is 15.2. The van der Waals surface area contributed by atoms with Gasteiger partial charge in [0.05, 0.1) is 24.2 Å². The number of hydrogen-bond acceptors (Lipinski definition) is 10. The number of alkyl halides is 1. The van der Waals surface area contributed by atoms with Crippen LogP contribution in [0.4, 0.5) is 15.8 Å². The van der Waals surface area contributed by atoms with Crippen molar-refractivity contribution in [1.82, 2.24) is 20.5 Å². The molecule has 0 bridgehead atoms. The predicted octanol–water partition coefficient (Wildman–Crippen LogP) is 4.80. The molecule has 14 nitrogen and oxygen atoms in total. The minimum absolute atomic E-state index is 0.00188. The number of ether oxygens (including phenoxy) is 1. The highest BCUT2D eigenvalue weighted by molar-refractivity contribution is 5.99. The van der Waals surface area contributed by atoms with Crippen molar-refractivity contribution in [2.75, 3.05) is 55.6 Å². The average Bonchev–Trinajstić information content (AvgIpc) is 3.58. The third kappa shape index (κ3) is 9.55. The number of hydrogen-bond donors (Lipinski definition) is 4. The molecule has 0 radical (unpaired) electrons. The molecule has 4 aliphatic heterocycles. The fourth-order valence-corrected chi connectivity index (χ4v) is 9.58. The van der Waals surface area contributed by atoms with Crippen LogP contribution in [0.5, 0.6) is 5.75 Å². The Morgan fingerprint density at radius 2 is 1.52 bits per heavy atom. The number of aromatic amines is 1. The number of nitrogens with one attached hydrogen (secondary N) is 3. The van der Waals surface area contributed by atoms with E-state index in [-0.39, 0.29) is 40.2 Å². The lowest BCUT2D eigenvalue weighted by Crippen LogP contribution is -2.65. The highest BCUT2D eigenvalue weighted by Gasteiger charge is 2.55. The number of nitrogens with two attached hydrogens (primary N) is 1. The van der Waals surface area contributed by atoms with Gasteiger partial charge in [0.25, 0.3) is 5.91 Å². The van der Waals surface area contributed by atoms with E-state index in [1.807, 2.05) is 35.2 Å². The number of fused-ring (bicyclic) bond motifs is 2. The number of anilines is 2. The van der Waals surface area contributed by atoms with Crippen molar-refractivity contribution in [3.63, 3.8) is 0 Å². The van der Waals surface area contributed by atoms with Crippen molar-refractivity contribution in [2.45, 2.75) is 71.7 Å². The van der Waals surface area contributed by atoms with Crippen molar-refractivity contribution in [1.29, 1.82) is 5.26 Å². The van der Waals surface area contributed by atoms with Crippen LogP contribution in [0.25, 0.3) is 10.9 Å². The Morgan fingerprint density at radius 1 is 0.869 bits per heavy atom. The van der Waals surface area contributed by atoms with Crippen LogP contribution in [0.3, 0.4) is 0 Å². The van der Waals surface area contributed by atoms with E-state index in [9.17, 15) is 29.2 Å². The summed E-state index contributed by atoms with van der Waals surface area (Å²) in [5, 5.41) is 15.0. The molecule has 320 valence electrons. The lowest BCUT2D eigenvalue weighted by atomic mass is 9.53. The smallest absolute Gasteiger partial charge is 0.251 e. The van der Waals surface area contributed by atoms with Crippen LogP contribution in [0, 0.1) is 22.2 Å². The largest absolute Gasteiger partial charge is 0.489 e. The molecular weight excluding hydrogens is 780 g/mol. The number of pyridine rings is 1. The van der Waals surface area contributed by atoms with Gasteiger partial charge in [0.1, 0.15) is 17.9 Å². The number of nitrogens with zero attached hydrogens (tertiary/aromatic N) is 4. The number of H-pyrrole nitrogens is 1. The summed E-state index contributed by atoms with van der Waals surface area (Å²) in [7, 11) is 0. The van der Waals surface area contributed by atoms with Crippen LogP contribution in [0.15, 0.2) is 71.5 Å². The zero-order chi connectivity index (χ0) is 43.7. The van der Waals surface area contributed by atoms with Gasteiger partial charge in [-0.1, -0.05) is 27.7 Å². The maximum atomic E-state index is 15.2. The van der Waals surface area contributed by atoms with Crippen molar-refractivity contribution >= 4 is 45.9 Å². The molecular formula is C46H53FN8O6. The molecule has 3 saturated heterocycles. The second kappa shape index (κ2) is 17.0. The molecule has 9 rings (SSSR count). The fraction of sp³-hybridized carbons (Fsp3) is 0.435. The van der Waals surface area contributed by atoms with Crippen LogP contribution >= 0.6 is 0 Å². The summed E-state index contributed by atoms with van der Waals surface area (Å²) in [6, 6.07) is 21.8. The summed E-state index contributed by atoms with van der Waals surface area (Å²) in [6.45, 7) is 13.9. The molecule has 1 aromatic heterocycles. The number of amides is 4. The first-order chi connectivity index (χ1) is 28.9. The highest BCUT2D eigenvalue weighted by Crippen LogP contribution is 2.55. The quantitative estimate of drug-likeness (QED) is 0.188. The number of benzene rings is 3. The first kappa shape index (κ1) is 42.8. The number of rotatable bonds is 7. The summed E-state index contributed by atoms with van der Waals surface area (Å²) in [5.41, 5.74) is 9.37. The summed E-state index contributed by atoms with van der Waals surface area (Å²) >= 11 is 0. The molecule has 5 heterocycles. The van der Waals surface area contributed by atoms with Gasteiger partial charge in [-0.3, -0.25) is 34.2 Å². The van der Waals surface area contributed by atoms with Crippen molar-refractivity contribution < 1.29 is 28.3 Å². The van der Waals surface area contributed by atoms with Crippen LogP contribution in [-0.4, -0.2) is 91.1 Å². The number of halogens is 1. The number of imide groups is 1. The van der Waals surface area contributed by atoms with E-state index in [0.29, 0.717) is 62.1 Å². The van der Waals surface area contributed by atoms with Gasteiger partial charge in [-0.25, -0.2) is 4.39 Å². The Kier molecular flexibility index (Phi) is 11.9. The van der Waals surface area contributed by atoms with E-state index in [4.69, 9.17) is 10.5 Å². The van der Waals surface area contributed by atoms with E-state index in [2.05, 4.69) is 65.2 Å². The van der Waals surface area contributed by atoms with E-state index >= 15 is 4.39 Å². The number of piperazine rings is 1. The van der Waals surface area contributed by atoms with Gasteiger partial charge in [0.15, 0.2) is 5.67 Å². The SMILES string of the molecule is CC1(C)CC(C)(C)C1Oc1ccc(C#N)c2[nH]c(=O)ccc12.NC(=O)c1ccc(N2CC(F)(CN3CCN(c4ccc5c(c4)CNC5=O)CC3)C2)cc1.O=C1CCCC(=O)N1. The molecule has 0 unspecified atom stereocenters. The van der Waals surface area contributed by atoms with Gasteiger partial charge in [-0.15, -0.1) is 0 Å². The van der Waals surface area contributed by atoms with Gasteiger partial charge >= 0.3 is 0 Å². The maximum Gasteiger partial charge on any atom is 0.251 e. The normalized spacial score (nSPS) is 20.0. The number of primary amides is 1. The van der Waals surface area contributed by atoms with Crippen LogP contribution in [-0.2, 0) is 16.1 Å². The predicted molar refractivity (Wildman–Crippen MR) is 230 cm³/mol. The molecule has 1 saturated carbocycles. The van der Waals surface area contributed by atoms with E-state index < -0.39 is 11.6 Å². The fourth-order valence-electron chi connectivity index (χ4n) is 9.58. The van der Waals surface area contributed by atoms with E-state index in [0.717, 1.165) is 66.2 Å². The Hall–Kier alpha value is -6.27. The summed E-state index contributed by atoms with van der Waals surface area (Å²) in [4.78, 5) is 64.4. The van der Waals surface area contributed by atoms with Gasteiger partial charge in [-0.05, 0) is 79.1 Å². The molecule has 4 fully saturated rings. The number of aromatic nitrogens is 1. The Balaban J connectivity index is 0.000000162. The Labute approximate surface area is 354 Å². The second-order valence-corrected chi connectivity index (χ2v) is 18.0. The summed E-state index contributed by atoms with van der Waals surface area (Å²) < 4.78 is 21.5. The minimum atomic E-state index is -1.22. The third-order valence-corrected chi connectivity index (χ3v) is 12.1. The molecule has 5 N–H and O–H groups in total. The van der Waals surface area contributed by atoms with E-state index in [1.165, 1.54) is 6.07 Å². The van der Waals surface area contributed by atoms with Crippen LogP contribution in [0.1, 0.15) is 85.2 Å². The summed E-state index contributed by atoms with van der Waals surface area (Å²) in [6.07, 6.45) is 2.93. The molecule has 0 atom stereocenters. The van der Waals surface area contributed by atoms with Crippen molar-refractivity contribution in [2.24, 2.45) is 16.6 Å². The van der Waals surface area contributed by atoms with Crippen molar-refractivity contribution in [3.8, 4) is 11.8 Å². The Morgan fingerprint density at radius 3 is 2.11 bits per heavy atom. The third-order valence-electron chi connectivity index (χ3n) is 12.1. The van der Waals surface area contributed by atoms with E-state index in [1.54, 1.807) is 24.3 Å². The Bertz CT molecular complexity index is 2420. The molecule has 0 spiro atoms. The minimum Gasteiger partial charge on any atom is -0.489 e. The van der Waals surface area contributed by atoms with Gasteiger partial charge in [-0.2, -0.15) is 5.26 Å². The standard InChI is InChI=1S/C23H26FN5O2.C18H20N2O2.C5H7NO2/c24-23(14-29(15-23)18-3-1-16(2-4-18)21(25)30)13-27-7-9-28(10-8-27)19-5-6-20-17(11-19)12-26-22(20)31;1-17(2)10-18(3,4)16(17)22-13-7-5-11(9-19)15-12(13)6-8-14(21)20-15;7-4-2-1-3-5(8)6-4/h1-6,11H,7-10,12-15H2,(H2,25,30)(H,26,31);5-8,16H,10H2,1-4H3,(H,20,21);1-3H2,(H,6,7,8). The van der Waals surface area contributed by atoms with Gasteiger partial charge < -0.3 is 30.6 Å². The first-order valence-corrected chi connectivity index (χ1v) is 20.7. The lowest BCUT2D eigenvalue weighted by Gasteiger charge is -2.56. The molecule has 15 heteroatoms. The molecule has 61 heavy (non-hydrogen) atoms. The molecule has 1 aliphatic carbocycles. The number of carbonyl (C=O) groups is 4. The van der Waals surface area contributed by atoms with Crippen LogP contribution < -0.4 is 36.5 Å². The average molecular weight is 833 g/mol. The number of piperidine rings is 1. The molecule has 4 amide bonds. The number of nitriles is 1. The monoisotopic (exact) mass is 832 g/mol. The van der Waals surface area contributed by atoms with Crippen LogP contribution in [0.2, 0.25) is 0 Å². The highest BCUT2D eigenvalue weighted by atomic mass is 19.1. The molecule has 3 aromatic carbocycles. The van der Waals surface area contributed by atoms with Gasteiger partial charge in [0.2, 0.25) is 23.3 Å². The lowest BCUT2D eigenvalue weighted by molar-refractivity contribution is -0.133. The topological polar surface area (TPSA) is 194 Å². The number of carbonyl (C=O) groups excluding carboxylic acids is 4. The van der Waals surface area contributed by atoms with Crippen molar-refractivity contribution in [3.05, 3.63) is 99.3 Å². The zero-order valence-corrected chi connectivity index (χ0v) is 35.1. The molecule has 4 aromatic rings. The molecule has 5 aliphatic rings. The van der Waals surface area contributed by atoms with Gasteiger partial charge in [0, 0.05) is 96.9 Å². The first-order valence-electron chi connectivity index (χ1n) is 20.7. The summed E-state index contributed by atoms with van der Waals surface area (Å²) in [5.74, 6) is -0.0178. The second-order valence-electron chi connectivity index (χ2n) is 18.0.